The van der Waals surface area contributed by atoms with Crippen LogP contribution in [0.5, 0.6) is 0 Å². The number of hydrogen-bond acceptors (Lipinski definition) is 4. The second-order valence-corrected chi connectivity index (χ2v) is 9.49. The van der Waals surface area contributed by atoms with E-state index in [9.17, 15) is 10.2 Å². The van der Waals surface area contributed by atoms with E-state index in [1.165, 1.54) is 32.2 Å². The molecule has 2 aliphatic carbocycles. The standard InChI is InChI=1S/C26H41NO3/c1-3-4-8-20(2)25(28)11-10-23-24-18-21(17-22(24)19-26(23)29)9-6-5-7-12-27-13-15-30-16-14-27/h10-11,17,20,22-26,28-29H,5-9,12-16,18-19H2,1-2H3/b11-10+/t20-,22-,23+,24-,25+,26+/m0/s1. The molecule has 3 rings (SSSR count). The van der Waals surface area contributed by atoms with Crippen LogP contribution in [0.25, 0.3) is 0 Å². The van der Waals surface area contributed by atoms with Gasteiger partial charge in [0, 0.05) is 25.4 Å². The van der Waals surface area contributed by atoms with Gasteiger partial charge in [0.2, 0.25) is 0 Å². The van der Waals surface area contributed by atoms with Crippen molar-refractivity contribution in [1.82, 2.24) is 4.90 Å². The Hall–Kier alpha value is -1.12. The fourth-order valence-electron chi connectivity index (χ4n) is 5.30. The van der Waals surface area contributed by atoms with E-state index >= 15 is 0 Å². The van der Waals surface area contributed by atoms with Crippen molar-refractivity contribution in [3.63, 3.8) is 0 Å². The molecule has 30 heavy (non-hydrogen) atoms. The van der Waals surface area contributed by atoms with Gasteiger partial charge in [0.25, 0.3) is 0 Å². The summed E-state index contributed by atoms with van der Waals surface area (Å²) >= 11 is 0. The topological polar surface area (TPSA) is 52.9 Å². The average molecular weight is 416 g/mol. The fourth-order valence-corrected chi connectivity index (χ4v) is 5.30. The van der Waals surface area contributed by atoms with Crippen LogP contribution in [0.2, 0.25) is 0 Å². The van der Waals surface area contributed by atoms with E-state index in [0.717, 1.165) is 39.1 Å². The number of ether oxygens (including phenoxy) is 1. The molecule has 0 amide bonds. The van der Waals surface area contributed by atoms with Crippen molar-refractivity contribution in [2.75, 3.05) is 32.8 Å². The summed E-state index contributed by atoms with van der Waals surface area (Å²) in [7, 11) is 0. The van der Waals surface area contributed by atoms with Crippen LogP contribution in [0.3, 0.4) is 0 Å². The van der Waals surface area contributed by atoms with Crippen LogP contribution in [0.15, 0.2) is 23.8 Å². The summed E-state index contributed by atoms with van der Waals surface area (Å²) in [5.74, 6) is 7.26. The number of rotatable bonds is 10. The minimum absolute atomic E-state index is 0.123. The lowest BCUT2D eigenvalue weighted by Gasteiger charge is -2.26. The van der Waals surface area contributed by atoms with Gasteiger partial charge < -0.3 is 14.9 Å². The van der Waals surface area contributed by atoms with Crippen LogP contribution in [-0.2, 0) is 4.74 Å². The summed E-state index contributed by atoms with van der Waals surface area (Å²) in [6.45, 7) is 9.02. The van der Waals surface area contributed by atoms with E-state index in [2.05, 4.69) is 28.9 Å². The number of fused-ring (bicyclic) bond motifs is 1. The number of morpholine rings is 1. The number of nitrogens with zero attached hydrogens (tertiary/aromatic N) is 1. The van der Waals surface area contributed by atoms with Crippen LogP contribution in [-0.4, -0.2) is 60.2 Å². The zero-order valence-electron chi connectivity index (χ0n) is 18.9. The number of hydrogen-bond donors (Lipinski definition) is 2. The molecule has 0 aromatic rings. The van der Waals surface area contributed by atoms with Gasteiger partial charge in [-0.2, -0.15) is 0 Å². The minimum Gasteiger partial charge on any atom is -0.392 e. The smallest absolute Gasteiger partial charge is 0.0755 e. The van der Waals surface area contributed by atoms with E-state index in [0.29, 0.717) is 18.3 Å². The number of allylic oxidation sites excluding steroid dienone is 2. The number of unbranched alkanes of at least 4 members (excludes halogenated alkanes) is 2. The van der Waals surface area contributed by atoms with Gasteiger partial charge in [-0.3, -0.25) is 4.90 Å². The molecule has 0 bridgehead atoms. The summed E-state index contributed by atoms with van der Waals surface area (Å²) in [4.78, 5) is 2.52. The molecule has 0 aromatic carbocycles. The fraction of sp³-hybridized carbons (Fsp3) is 0.769. The van der Waals surface area contributed by atoms with Crippen molar-refractivity contribution in [1.29, 1.82) is 0 Å². The van der Waals surface area contributed by atoms with Gasteiger partial charge in [0.15, 0.2) is 0 Å². The van der Waals surface area contributed by atoms with Gasteiger partial charge in [-0.05, 0) is 63.3 Å². The minimum atomic E-state index is -0.489. The molecule has 4 nitrogen and oxygen atoms in total. The third-order valence-electron chi connectivity index (χ3n) is 7.24. The lowest BCUT2D eigenvalue weighted by atomic mass is 9.88. The molecule has 1 saturated carbocycles. The van der Waals surface area contributed by atoms with Crippen LogP contribution in [0.4, 0.5) is 0 Å². The van der Waals surface area contributed by atoms with Crippen molar-refractivity contribution in [3.05, 3.63) is 23.8 Å². The second kappa shape index (κ2) is 12.1. The summed E-state index contributed by atoms with van der Waals surface area (Å²) in [6.07, 6.45) is 13.4. The molecule has 1 heterocycles. The molecule has 4 heteroatoms. The molecule has 0 aromatic heterocycles. The molecule has 0 radical (unpaired) electrons. The quantitative estimate of drug-likeness (QED) is 0.324. The molecule has 1 aliphatic heterocycles. The Morgan fingerprint density at radius 2 is 2.07 bits per heavy atom. The predicted octanol–water partition coefficient (Wildman–Crippen LogP) is 3.79. The molecule has 6 atom stereocenters. The Kier molecular flexibility index (Phi) is 9.46. The highest BCUT2D eigenvalue weighted by atomic mass is 16.5. The maximum absolute atomic E-state index is 10.5. The summed E-state index contributed by atoms with van der Waals surface area (Å²) in [5.41, 5.74) is 1.59. The highest BCUT2D eigenvalue weighted by molar-refractivity contribution is 5.21. The van der Waals surface area contributed by atoms with E-state index in [1.54, 1.807) is 5.57 Å². The average Bonchev–Trinajstić information content (AvgIpc) is 3.27. The molecule has 3 aliphatic rings. The number of aliphatic hydroxyl groups excluding tert-OH is 2. The Morgan fingerprint density at radius 3 is 2.83 bits per heavy atom. The molecule has 2 fully saturated rings. The van der Waals surface area contributed by atoms with Gasteiger partial charge in [0.1, 0.15) is 0 Å². The highest BCUT2D eigenvalue weighted by Crippen LogP contribution is 2.48. The van der Waals surface area contributed by atoms with Crippen molar-refractivity contribution in [3.8, 4) is 11.8 Å². The first kappa shape index (κ1) is 23.5. The monoisotopic (exact) mass is 415 g/mol. The Bertz CT molecular complexity index is 640. The SMILES string of the molecule is CC#CC[C@H](C)[C@H](O)/C=C/[C@@H]1[C@H]2CC(CCCCCN3CCOCC3)=C[C@H]2C[C@H]1O. The summed E-state index contributed by atoms with van der Waals surface area (Å²) in [5, 5.41) is 20.9. The zero-order chi connectivity index (χ0) is 21.3. The first-order valence-electron chi connectivity index (χ1n) is 12.0. The van der Waals surface area contributed by atoms with Crippen LogP contribution in [0.1, 0.15) is 58.8 Å². The van der Waals surface area contributed by atoms with E-state index in [-0.39, 0.29) is 17.9 Å². The predicted molar refractivity (Wildman–Crippen MR) is 122 cm³/mol. The summed E-state index contributed by atoms with van der Waals surface area (Å²) in [6, 6.07) is 0. The van der Waals surface area contributed by atoms with Crippen LogP contribution in [0, 0.1) is 35.5 Å². The largest absolute Gasteiger partial charge is 0.392 e. The van der Waals surface area contributed by atoms with E-state index < -0.39 is 6.10 Å². The third kappa shape index (κ3) is 6.69. The molecule has 2 N–H and O–H groups in total. The van der Waals surface area contributed by atoms with Gasteiger partial charge in [-0.1, -0.05) is 37.1 Å². The third-order valence-corrected chi connectivity index (χ3v) is 7.24. The normalized spacial score (nSPS) is 31.3. The Labute approximate surface area is 183 Å². The van der Waals surface area contributed by atoms with Crippen LogP contribution >= 0.6 is 0 Å². The lowest BCUT2D eigenvalue weighted by molar-refractivity contribution is 0.0371. The molecule has 1 saturated heterocycles. The molecule has 0 unspecified atom stereocenters. The van der Waals surface area contributed by atoms with Gasteiger partial charge >= 0.3 is 0 Å². The van der Waals surface area contributed by atoms with Gasteiger partial charge in [0.05, 0.1) is 25.4 Å². The second-order valence-electron chi connectivity index (χ2n) is 9.49. The van der Waals surface area contributed by atoms with E-state index in [4.69, 9.17) is 4.74 Å². The maximum atomic E-state index is 10.5. The van der Waals surface area contributed by atoms with Gasteiger partial charge in [-0.25, -0.2) is 0 Å². The molecular formula is C26H41NO3. The van der Waals surface area contributed by atoms with E-state index in [1.807, 2.05) is 19.9 Å². The zero-order valence-corrected chi connectivity index (χ0v) is 18.9. The first-order chi connectivity index (χ1) is 14.6. The molecule has 0 spiro atoms. The van der Waals surface area contributed by atoms with Crippen molar-refractivity contribution in [2.24, 2.45) is 23.7 Å². The molecule has 168 valence electrons. The van der Waals surface area contributed by atoms with Crippen molar-refractivity contribution >= 4 is 0 Å². The highest BCUT2D eigenvalue weighted by Gasteiger charge is 2.43. The maximum Gasteiger partial charge on any atom is 0.0755 e. The van der Waals surface area contributed by atoms with Crippen LogP contribution < -0.4 is 0 Å². The first-order valence-corrected chi connectivity index (χ1v) is 12.0. The van der Waals surface area contributed by atoms with Gasteiger partial charge in [-0.15, -0.1) is 11.8 Å². The van der Waals surface area contributed by atoms with Crippen molar-refractivity contribution in [2.45, 2.75) is 71.0 Å². The molecular weight excluding hydrogens is 374 g/mol. The Balaban J connectivity index is 1.38. The Morgan fingerprint density at radius 1 is 1.27 bits per heavy atom. The van der Waals surface area contributed by atoms with Crippen molar-refractivity contribution < 1.29 is 14.9 Å². The lowest BCUT2D eigenvalue weighted by Crippen LogP contribution is -2.36. The number of aliphatic hydroxyl groups is 2. The summed E-state index contributed by atoms with van der Waals surface area (Å²) < 4.78 is 5.41.